The van der Waals surface area contributed by atoms with Gasteiger partial charge >= 0.3 is 0 Å². The highest BCUT2D eigenvalue weighted by Crippen LogP contribution is 2.04. The maximum absolute atomic E-state index is 12.5. The van der Waals surface area contributed by atoms with Crippen LogP contribution in [0.5, 0.6) is 0 Å². The first-order valence-electron chi connectivity index (χ1n) is 2.73. The van der Waals surface area contributed by atoms with E-state index in [2.05, 4.69) is 4.98 Å². The van der Waals surface area contributed by atoms with Crippen LogP contribution < -0.4 is 0 Å². The van der Waals surface area contributed by atoms with Crippen LogP contribution in [0.25, 0.3) is 0 Å². The Balaban J connectivity index is 3.29. The van der Waals surface area contributed by atoms with Gasteiger partial charge in [-0.2, -0.15) is 14.9 Å². The lowest BCUT2D eigenvalue weighted by Crippen LogP contribution is -1.89. The standard InChI is InChI=1S/C7H2FN3/c8-7-6(3-10)1-5(2-9)4-11-7/h1,4H. The average Bonchev–Trinajstić information content (AvgIpc) is 2.05. The largest absolute Gasteiger partial charge is 0.230 e. The molecule has 52 valence electrons. The van der Waals surface area contributed by atoms with Gasteiger partial charge in [0.05, 0.1) is 5.56 Å². The summed E-state index contributed by atoms with van der Waals surface area (Å²) in [4.78, 5) is 3.21. The molecule has 0 aliphatic rings. The van der Waals surface area contributed by atoms with Crippen LogP contribution in [-0.2, 0) is 0 Å². The van der Waals surface area contributed by atoms with Crippen LogP contribution >= 0.6 is 0 Å². The Bertz CT molecular complexity index is 359. The fourth-order valence-electron chi connectivity index (χ4n) is 0.588. The van der Waals surface area contributed by atoms with E-state index >= 15 is 0 Å². The minimum Gasteiger partial charge on any atom is -0.226 e. The number of pyridine rings is 1. The summed E-state index contributed by atoms with van der Waals surface area (Å²) in [5.74, 6) is -0.841. The Morgan fingerprint density at radius 1 is 1.36 bits per heavy atom. The maximum atomic E-state index is 12.5. The van der Waals surface area contributed by atoms with Crippen molar-refractivity contribution in [2.75, 3.05) is 0 Å². The number of aromatic nitrogens is 1. The number of hydrogen-bond donors (Lipinski definition) is 0. The molecular weight excluding hydrogens is 145 g/mol. The molecule has 11 heavy (non-hydrogen) atoms. The van der Waals surface area contributed by atoms with Crippen molar-refractivity contribution in [1.82, 2.24) is 4.98 Å². The topological polar surface area (TPSA) is 60.5 Å². The molecule has 3 nitrogen and oxygen atoms in total. The van der Waals surface area contributed by atoms with Crippen LogP contribution in [0.3, 0.4) is 0 Å². The van der Waals surface area contributed by atoms with Gasteiger partial charge in [-0.05, 0) is 6.07 Å². The third-order valence-corrected chi connectivity index (χ3v) is 1.09. The summed E-state index contributed by atoms with van der Waals surface area (Å²) in [5, 5.41) is 16.6. The normalized spacial score (nSPS) is 8.27. The summed E-state index contributed by atoms with van der Waals surface area (Å²) < 4.78 is 12.5. The Hall–Kier alpha value is -1.94. The van der Waals surface area contributed by atoms with Crippen molar-refractivity contribution in [3.8, 4) is 12.1 Å². The second-order valence-electron chi connectivity index (χ2n) is 1.79. The van der Waals surface area contributed by atoms with E-state index in [1.807, 2.05) is 0 Å². The molecule has 1 aromatic rings. The second kappa shape index (κ2) is 2.76. The molecule has 0 unspecified atom stereocenters. The third-order valence-electron chi connectivity index (χ3n) is 1.09. The lowest BCUT2D eigenvalue weighted by Gasteiger charge is -1.90. The molecule has 0 saturated heterocycles. The average molecular weight is 147 g/mol. The van der Waals surface area contributed by atoms with Crippen molar-refractivity contribution in [3.05, 3.63) is 29.3 Å². The van der Waals surface area contributed by atoms with Crippen LogP contribution in [0, 0.1) is 28.6 Å². The van der Waals surface area contributed by atoms with Gasteiger partial charge in [0, 0.05) is 6.20 Å². The van der Waals surface area contributed by atoms with E-state index < -0.39 is 5.95 Å². The Kier molecular flexibility index (Phi) is 1.80. The molecule has 1 heterocycles. The highest BCUT2D eigenvalue weighted by atomic mass is 19.1. The van der Waals surface area contributed by atoms with Crippen molar-refractivity contribution in [2.24, 2.45) is 0 Å². The first-order chi connectivity index (χ1) is 5.27. The summed E-state index contributed by atoms with van der Waals surface area (Å²) in [6.45, 7) is 0. The fraction of sp³-hybridized carbons (Fsp3) is 0. The van der Waals surface area contributed by atoms with E-state index in [1.165, 1.54) is 0 Å². The van der Waals surface area contributed by atoms with Gasteiger partial charge in [-0.3, -0.25) is 0 Å². The molecule has 0 atom stereocenters. The van der Waals surface area contributed by atoms with Crippen molar-refractivity contribution in [2.45, 2.75) is 0 Å². The quantitative estimate of drug-likeness (QED) is 0.513. The zero-order chi connectivity index (χ0) is 8.27. The number of nitriles is 2. The van der Waals surface area contributed by atoms with Crippen LogP contribution in [-0.4, -0.2) is 4.98 Å². The number of halogens is 1. The predicted octanol–water partition coefficient (Wildman–Crippen LogP) is 0.964. The molecule has 0 aromatic carbocycles. The predicted molar refractivity (Wildman–Crippen MR) is 33.6 cm³/mol. The monoisotopic (exact) mass is 147 g/mol. The molecule has 4 heteroatoms. The number of rotatable bonds is 0. The summed E-state index contributed by atoms with van der Waals surface area (Å²) in [6, 6.07) is 4.49. The first kappa shape index (κ1) is 7.17. The molecule has 0 aliphatic heterocycles. The zero-order valence-electron chi connectivity index (χ0n) is 5.37. The van der Waals surface area contributed by atoms with E-state index in [9.17, 15) is 4.39 Å². The Morgan fingerprint density at radius 3 is 2.64 bits per heavy atom. The fourth-order valence-corrected chi connectivity index (χ4v) is 0.588. The van der Waals surface area contributed by atoms with E-state index in [0.29, 0.717) is 0 Å². The summed E-state index contributed by atoms with van der Waals surface area (Å²) in [6.07, 6.45) is 1.08. The molecule has 0 amide bonds. The second-order valence-corrected chi connectivity index (χ2v) is 1.79. The lowest BCUT2D eigenvalue weighted by molar-refractivity contribution is 0.579. The lowest BCUT2D eigenvalue weighted by atomic mass is 10.2. The minimum absolute atomic E-state index is 0.183. The van der Waals surface area contributed by atoms with Gasteiger partial charge in [-0.1, -0.05) is 0 Å². The Labute approximate surface area is 62.3 Å². The first-order valence-corrected chi connectivity index (χ1v) is 2.73. The zero-order valence-corrected chi connectivity index (χ0v) is 5.37. The molecule has 1 aromatic heterocycles. The van der Waals surface area contributed by atoms with Gasteiger partial charge in [0.25, 0.3) is 0 Å². The Morgan fingerprint density at radius 2 is 2.09 bits per heavy atom. The van der Waals surface area contributed by atoms with Gasteiger partial charge in [-0.15, -0.1) is 0 Å². The van der Waals surface area contributed by atoms with Crippen LogP contribution in [0.15, 0.2) is 12.3 Å². The summed E-state index contributed by atoms with van der Waals surface area (Å²) in [5.41, 5.74) is -0.0213. The molecule has 0 saturated carbocycles. The maximum Gasteiger partial charge on any atom is 0.230 e. The molecule has 0 fully saturated rings. The van der Waals surface area contributed by atoms with Gasteiger partial charge in [0.2, 0.25) is 5.95 Å². The van der Waals surface area contributed by atoms with Gasteiger partial charge in [-0.25, -0.2) is 4.98 Å². The van der Waals surface area contributed by atoms with Crippen molar-refractivity contribution >= 4 is 0 Å². The third kappa shape index (κ3) is 1.31. The summed E-state index contributed by atoms with van der Waals surface area (Å²) in [7, 11) is 0. The molecule has 0 spiro atoms. The van der Waals surface area contributed by atoms with E-state index in [-0.39, 0.29) is 11.1 Å². The molecular formula is C7H2FN3. The van der Waals surface area contributed by atoms with Crippen molar-refractivity contribution < 1.29 is 4.39 Å². The SMILES string of the molecule is N#Cc1cnc(F)c(C#N)c1. The molecule has 0 radical (unpaired) electrons. The minimum atomic E-state index is -0.841. The molecule has 0 bridgehead atoms. The van der Waals surface area contributed by atoms with Crippen molar-refractivity contribution in [1.29, 1.82) is 10.5 Å². The van der Waals surface area contributed by atoms with E-state index in [4.69, 9.17) is 10.5 Å². The van der Waals surface area contributed by atoms with E-state index in [0.717, 1.165) is 12.3 Å². The molecule has 1 rings (SSSR count). The van der Waals surface area contributed by atoms with Gasteiger partial charge in [0.1, 0.15) is 17.7 Å². The molecule has 0 N–H and O–H groups in total. The van der Waals surface area contributed by atoms with Crippen molar-refractivity contribution in [3.63, 3.8) is 0 Å². The van der Waals surface area contributed by atoms with Crippen LogP contribution in [0.2, 0.25) is 0 Å². The van der Waals surface area contributed by atoms with Gasteiger partial charge < -0.3 is 0 Å². The highest BCUT2D eigenvalue weighted by molar-refractivity contribution is 5.35. The summed E-state index contributed by atoms with van der Waals surface area (Å²) >= 11 is 0. The number of nitrogens with zero attached hydrogens (tertiary/aromatic N) is 3. The highest BCUT2D eigenvalue weighted by Gasteiger charge is 2.02. The van der Waals surface area contributed by atoms with Gasteiger partial charge in [0.15, 0.2) is 0 Å². The van der Waals surface area contributed by atoms with E-state index in [1.54, 1.807) is 12.1 Å². The number of hydrogen-bond acceptors (Lipinski definition) is 3. The smallest absolute Gasteiger partial charge is 0.226 e. The van der Waals surface area contributed by atoms with Crippen LogP contribution in [0.1, 0.15) is 11.1 Å². The van der Waals surface area contributed by atoms with Crippen LogP contribution in [0.4, 0.5) is 4.39 Å². The molecule has 0 aliphatic carbocycles.